The highest BCUT2D eigenvalue weighted by molar-refractivity contribution is 6.46. The predicted molar refractivity (Wildman–Crippen MR) is 125 cm³/mol. The Bertz CT molecular complexity index is 1190. The van der Waals surface area contributed by atoms with Gasteiger partial charge in [0.15, 0.2) is 0 Å². The number of carbonyl (C=O) groups is 2. The monoisotopic (exact) mass is 429 g/mol. The normalized spacial score (nSPS) is 18.0. The van der Waals surface area contributed by atoms with Gasteiger partial charge in [-0.15, -0.1) is 0 Å². The second-order valence-electron chi connectivity index (χ2n) is 8.29. The predicted octanol–water partition coefficient (Wildman–Crippen LogP) is 5.46. The van der Waals surface area contributed by atoms with Gasteiger partial charge in [0.25, 0.3) is 11.7 Å². The molecule has 1 amide bonds. The Labute approximate surface area is 187 Å². The first-order valence-corrected chi connectivity index (χ1v) is 10.9. The lowest BCUT2D eigenvalue weighted by molar-refractivity contribution is -0.139. The summed E-state index contributed by atoms with van der Waals surface area (Å²) in [5.74, 6) is -0.677. The van der Waals surface area contributed by atoms with Crippen molar-refractivity contribution in [1.29, 1.82) is 0 Å². The minimum Gasteiger partial charge on any atom is -0.507 e. The topological polar surface area (TPSA) is 66.8 Å². The number of hydrogen-bond donors (Lipinski definition) is 1. The van der Waals surface area contributed by atoms with Crippen LogP contribution in [0, 0.1) is 0 Å². The molecule has 1 aliphatic rings. The second kappa shape index (κ2) is 8.87. The zero-order valence-electron chi connectivity index (χ0n) is 18.5. The standard InChI is InChI=1S/C27H27NO4/c1-4-15-28-24(19-11-13-22(14-12-19)32-17(2)3)23(26(30)27(28)31)25(29)21-10-9-18-7-5-6-8-20(18)16-21/h5-14,16-17,24,29H,4,15H2,1-3H3/b25-23-. The lowest BCUT2D eigenvalue weighted by Gasteiger charge is -2.25. The number of hydrogen-bond acceptors (Lipinski definition) is 4. The molecule has 1 heterocycles. The van der Waals surface area contributed by atoms with Crippen LogP contribution in [0.25, 0.3) is 16.5 Å². The number of likely N-dealkylation sites (tertiary alicyclic amines) is 1. The summed E-state index contributed by atoms with van der Waals surface area (Å²) in [5.41, 5.74) is 1.40. The van der Waals surface area contributed by atoms with Gasteiger partial charge in [-0.25, -0.2) is 0 Å². The summed E-state index contributed by atoms with van der Waals surface area (Å²) in [5, 5.41) is 13.2. The average molecular weight is 430 g/mol. The highest BCUT2D eigenvalue weighted by Crippen LogP contribution is 2.40. The van der Waals surface area contributed by atoms with Crippen LogP contribution in [0.15, 0.2) is 72.3 Å². The molecular formula is C27H27NO4. The summed E-state index contributed by atoms with van der Waals surface area (Å²) >= 11 is 0. The summed E-state index contributed by atoms with van der Waals surface area (Å²) in [4.78, 5) is 27.4. The van der Waals surface area contributed by atoms with E-state index in [0.29, 0.717) is 24.3 Å². The van der Waals surface area contributed by atoms with Crippen LogP contribution in [-0.2, 0) is 9.59 Å². The van der Waals surface area contributed by atoms with E-state index in [9.17, 15) is 14.7 Å². The van der Waals surface area contributed by atoms with Gasteiger partial charge in [-0.3, -0.25) is 9.59 Å². The molecule has 3 aromatic rings. The molecule has 1 saturated heterocycles. The van der Waals surface area contributed by atoms with Crippen molar-refractivity contribution >= 4 is 28.2 Å². The maximum atomic E-state index is 13.0. The Morgan fingerprint density at radius 2 is 1.69 bits per heavy atom. The van der Waals surface area contributed by atoms with Gasteiger partial charge in [0.05, 0.1) is 17.7 Å². The van der Waals surface area contributed by atoms with E-state index in [4.69, 9.17) is 4.74 Å². The lowest BCUT2D eigenvalue weighted by atomic mass is 9.94. The van der Waals surface area contributed by atoms with Crippen molar-refractivity contribution in [1.82, 2.24) is 4.90 Å². The number of fused-ring (bicyclic) bond motifs is 1. The van der Waals surface area contributed by atoms with Gasteiger partial charge < -0.3 is 14.7 Å². The molecule has 1 fully saturated rings. The Hall–Kier alpha value is -3.60. The maximum absolute atomic E-state index is 13.0. The third kappa shape index (κ3) is 3.98. The minimum atomic E-state index is -0.656. The van der Waals surface area contributed by atoms with Crippen LogP contribution in [0.4, 0.5) is 0 Å². The van der Waals surface area contributed by atoms with Crippen molar-refractivity contribution in [3.05, 3.63) is 83.4 Å². The first-order chi connectivity index (χ1) is 15.4. The summed E-state index contributed by atoms with van der Waals surface area (Å²) in [6, 6.07) is 20.1. The molecule has 5 nitrogen and oxygen atoms in total. The molecule has 1 N–H and O–H groups in total. The van der Waals surface area contributed by atoms with Gasteiger partial charge in [-0.05, 0) is 54.8 Å². The number of aliphatic hydroxyl groups excluding tert-OH is 1. The van der Waals surface area contributed by atoms with E-state index < -0.39 is 17.7 Å². The average Bonchev–Trinajstić information content (AvgIpc) is 3.03. The molecular weight excluding hydrogens is 402 g/mol. The van der Waals surface area contributed by atoms with Gasteiger partial charge >= 0.3 is 0 Å². The SMILES string of the molecule is CCCN1C(=O)C(=O)/C(=C(\O)c2ccc3ccccc3c2)C1c1ccc(OC(C)C)cc1. The van der Waals surface area contributed by atoms with Gasteiger partial charge in [0.2, 0.25) is 0 Å². The maximum Gasteiger partial charge on any atom is 0.295 e. The zero-order chi connectivity index (χ0) is 22.8. The summed E-state index contributed by atoms with van der Waals surface area (Å²) in [6.07, 6.45) is 0.744. The van der Waals surface area contributed by atoms with Crippen LogP contribution in [0.3, 0.4) is 0 Å². The van der Waals surface area contributed by atoms with E-state index in [-0.39, 0.29) is 17.4 Å². The van der Waals surface area contributed by atoms with Crippen LogP contribution in [0.2, 0.25) is 0 Å². The number of carbonyl (C=O) groups excluding carboxylic acids is 2. The second-order valence-corrected chi connectivity index (χ2v) is 8.29. The van der Waals surface area contributed by atoms with Crippen molar-refractivity contribution in [2.24, 2.45) is 0 Å². The van der Waals surface area contributed by atoms with E-state index in [1.165, 1.54) is 0 Å². The third-order valence-corrected chi connectivity index (χ3v) is 5.59. The van der Waals surface area contributed by atoms with Crippen molar-refractivity contribution in [2.45, 2.75) is 39.3 Å². The van der Waals surface area contributed by atoms with Crippen LogP contribution in [0.1, 0.15) is 44.4 Å². The molecule has 164 valence electrons. The lowest BCUT2D eigenvalue weighted by Crippen LogP contribution is -2.30. The molecule has 32 heavy (non-hydrogen) atoms. The van der Waals surface area contributed by atoms with Crippen molar-refractivity contribution in [3.8, 4) is 5.75 Å². The third-order valence-electron chi connectivity index (χ3n) is 5.59. The summed E-state index contributed by atoms with van der Waals surface area (Å²) in [7, 11) is 0. The molecule has 0 aromatic heterocycles. The number of nitrogens with zero attached hydrogens (tertiary/aromatic N) is 1. The first-order valence-electron chi connectivity index (χ1n) is 10.9. The molecule has 3 aromatic carbocycles. The number of amides is 1. The molecule has 5 heteroatoms. The fourth-order valence-electron chi connectivity index (χ4n) is 4.19. The van der Waals surface area contributed by atoms with E-state index in [0.717, 1.165) is 16.3 Å². The van der Waals surface area contributed by atoms with E-state index in [1.807, 2.05) is 81.4 Å². The molecule has 0 saturated carbocycles. The van der Waals surface area contributed by atoms with E-state index in [1.54, 1.807) is 11.0 Å². The highest BCUT2D eigenvalue weighted by atomic mass is 16.5. The molecule has 0 radical (unpaired) electrons. The van der Waals surface area contributed by atoms with E-state index >= 15 is 0 Å². The van der Waals surface area contributed by atoms with Gasteiger partial charge in [0, 0.05) is 12.1 Å². The molecule has 0 bridgehead atoms. The fraction of sp³-hybridized carbons (Fsp3) is 0.259. The number of benzene rings is 3. The largest absolute Gasteiger partial charge is 0.507 e. The van der Waals surface area contributed by atoms with Gasteiger partial charge in [0.1, 0.15) is 11.5 Å². The molecule has 0 aliphatic carbocycles. The van der Waals surface area contributed by atoms with Crippen molar-refractivity contribution in [2.75, 3.05) is 6.54 Å². The minimum absolute atomic E-state index is 0.0412. The molecule has 1 unspecified atom stereocenters. The van der Waals surface area contributed by atoms with E-state index in [2.05, 4.69) is 0 Å². The van der Waals surface area contributed by atoms with Gasteiger partial charge in [-0.2, -0.15) is 0 Å². The highest BCUT2D eigenvalue weighted by Gasteiger charge is 2.45. The number of aliphatic hydroxyl groups is 1. The Balaban J connectivity index is 1.83. The van der Waals surface area contributed by atoms with Crippen LogP contribution in [-0.4, -0.2) is 34.3 Å². The number of Topliss-reactive ketones (excluding diaryl/α,β-unsaturated/α-hetero) is 1. The van der Waals surface area contributed by atoms with Crippen molar-refractivity contribution in [3.63, 3.8) is 0 Å². The smallest absolute Gasteiger partial charge is 0.295 e. The number of ketones is 1. The summed E-state index contributed by atoms with van der Waals surface area (Å²) in [6.45, 7) is 6.29. The Kier molecular flexibility index (Phi) is 5.99. The van der Waals surface area contributed by atoms with Crippen LogP contribution in [0.5, 0.6) is 5.75 Å². The Morgan fingerprint density at radius 3 is 2.34 bits per heavy atom. The fourth-order valence-corrected chi connectivity index (χ4v) is 4.19. The quantitative estimate of drug-likeness (QED) is 0.321. The van der Waals surface area contributed by atoms with Crippen LogP contribution >= 0.6 is 0 Å². The summed E-state index contributed by atoms with van der Waals surface area (Å²) < 4.78 is 5.72. The number of rotatable bonds is 6. The molecule has 4 rings (SSSR count). The Morgan fingerprint density at radius 1 is 1.00 bits per heavy atom. The first kappa shape index (κ1) is 21.6. The van der Waals surface area contributed by atoms with Crippen molar-refractivity contribution < 1.29 is 19.4 Å². The zero-order valence-corrected chi connectivity index (χ0v) is 18.5. The number of ether oxygens (including phenoxy) is 1. The van der Waals surface area contributed by atoms with Crippen LogP contribution < -0.4 is 4.74 Å². The molecule has 1 atom stereocenters. The van der Waals surface area contributed by atoms with Gasteiger partial charge in [-0.1, -0.05) is 55.5 Å². The molecule has 0 spiro atoms. The molecule has 1 aliphatic heterocycles.